The van der Waals surface area contributed by atoms with E-state index in [0.29, 0.717) is 18.7 Å². The number of β-amino-alcohol motifs (C(OH)–C–C–N with tert-alkyl or cyclic N) is 1. The van der Waals surface area contributed by atoms with E-state index in [1.54, 1.807) is 4.90 Å². The van der Waals surface area contributed by atoms with Gasteiger partial charge in [0.05, 0.1) is 28.9 Å². The molecule has 3 rings (SSSR count). The molecule has 1 aromatic rings. The number of aliphatic hydroxyl groups is 1. The standard InChI is InChI=1S/C20H32N4O3/c1-11(2)16(15-8-12(3)23-27-15)18(26)24-10-13(25)9-14(24)17-21-19(4,5)20(6,7)22-17/h8,11,13-14,16,25H,9-10H2,1-7H3,(H,21,22)/t13-,14-,16+/m1/s1. The molecule has 1 saturated heterocycles. The highest BCUT2D eigenvalue weighted by Crippen LogP contribution is 2.35. The van der Waals surface area contributed by atoms with Gasteiger partial charge in [-0.1, -0.05) is 19.0 Å². The lowest BCUT2D eigenvalue weighted by Crippen LogP contribution is -2.54. The zero-order valence-electron chi connectivity index (χ0n) is 17.4. The van der Waals surface area contributed by atoms with E-state index in [-0.39, 0.29) is 28.9 Å². The number of amides is 1. The summed E-state index contributed by atoms with van der Waals surface area (Å²) < 4.78 is 5.42. The van der Waals surface area contributed by atoms with Crippen molar-refractivity contribution in [3.8, 4) is 0 Å². The van der Waals surface area contributed by atoms with Crippen LogP contribution in [0.1, 0.15) is 65.3 Å². The largest absolute Gasteiger partial charge is 0.391 e. The number of aliphatic hydroxyl groups excluding tert-OH is 1. The van der Waals surface area contributed by atoms with Gasteiger partial charge in [0.2, 0.25) is 5.91 Å². The van der Waals surface area contributed by atoms with Crippen LogP contribution in [0.25, 0.3) is 0 Å². The fraction of sp³-hybridized carbons (Fsp3) is 0.750. The Morgan fingerprint density at radius 2 is 2.04 bits per heavy atom. The Hall–Kier alpha value is -1.89. The highest BCUT2D eigenvalue weighted by molar-refractivity contribution is 5.95. The Bertz CT molecular complexity index is 750. The van der Waals surface area contributed by atoms with Gasteiger partial charge in [-0.05, 0) is 40.5 Å². The van der Waals surface area contributed by atoms with E-state index in [4.69, 9.17) is 9.52 Å². The van der Waals surface area contributed by atoms with Gasteiger partial charge in [-0.15, -0.1) is 0 Å². The molecular formula is C20H32N4O3. The molecule has 2 aliphatic heterocycles. The Morgan fingerprint density at radius 3 is 2.52 bits per heavy atom. The smallest absolute Gasteiger partial charge is 0.234 e. The number of nitrogens with one attached hydrogen (secondary N) is 1. The van der Waals surface area contributed by atoms with E-state index < -0.39 is 12.0 Å². The molecule has 3 atom stereocenters. The SMILES string of the molecule is Cc1cc([C@@H](C(=O)N2C[C@H](O)C[C@@H]2C2=NC(C)(C)C(C)(C)N2)C(C)C)on1. The van der Waals surface area contributed by atoms with Gasteiger partial charge in [0.25, 0.3) is 0 Å². The Balaban J connectivity index is 1.91. The third kappa shape index (κ3) is 3.49. The van der Waals surface area contributed by atoms with Crippen molar-refractivity contribution in [2.24, 2.45) is 10.9 Å². The number of hydrogen-bond donors (Lipinski definition) is 2. The summed E-state index contributed by atoms with van der Waals surface area (Å²) in [6, 6.07) is 1.57. The Kier molecular flexibility index (Phi) is 4.87. The number of carbonyl (C=O) groups is 1. The fourth-order valence-corrected chi connectivity index (χ4v) is 3.86. The van der Waals surface area contributed by atoms with E-state index in [1.807, 2.05) is 26.8 Å². The highest BCUT2D eigenvalue weighted by atomic mass is 16.5. The Labute approximate surface area is 161 Å². The van der Waals surface area contributed by atoms with Crippen molar-refractivity contribution in [3.63, 3.8) is 0 Å². The van der Waals surface area contributed by atoms with Gasteiger partial charge in [0, 0.05) is 19.0 Å². The summed E-state index contributed by atoms with van der Waals surface area (Å²) in [6.07, 6.45) is -0.0659. The summed E-state index contributed by atoms with van der Waals surface area (Å²) in [7, 11) is 0. The van der Waals surface area contributed by atoms with Gasteiger partial charge >= 0.3 is 0 Å². The van der Waals surface area contributed by atoms with Gasteiger partial charge in [0.1, 0.15) is 17.5 Å². The van der Waals surface area contributed by atoms with Crippen molar-refractivity contribution in [1.82, 2.24) is 15.4 Å². The van der Waals surface area contributed by atoms with Crippen LogP contribution in [0.2, 0.25) is 0 Å². The van der Waals surface area contributed by atoms with Crippen molar-refractivity contribution in [2.75, 3.05) is 6.54 Å². The van der Waals surface area contributed by atoms with Crippen molar-refractivity contribution < 1.29 is 14.4 Å². The molecule has 0 unspecified atom stereocenters. The maximum absolute atomic E-state index is 13.5. The van der Waals surface area contributed by atoms with Crippen LogP contribution in [0.5, 0.6) is 0 Å². The van der Waals surface area contributed by atoms with E-state index in [2.05, 4.69) is 38.2 Å². The molecule has 0 aromatic carbocycles. The number of nitrogens with zero attached hydrogens (tertiary/aromatic N) is 3. The van der Waals surface area contributed by atoms with Crippen LogP contribution in [0.4, 0.5) is 0 Å². The lowest BCUT2D eigenvalue weighted by Gasteiger charge is -2.33. The quantitative estimate of drug-likeness (QED) is 0.841. The zero-order chi connectivity index (χ0) is 20.1. The molecule has 1 amide bonds. The molecule has 7 nitrogen and oxygen atoms in total. The minimum absolute atomic E-state index is 0.0466. The van der Waals surface area contributed by atoms with Crippen molar-refractivity contribution in [3.05, 3.63) is 17.5 Å². The predicted octanol–water partition coefficient (Wildman–Crippen LogP) is 2.24. The second-order valence-corrected chi connectivity index (χ2v) is 9.29. The zero-order valence-corrected chi connectivity index (χ0v) is 17.4. The van der Waals surface area contributed by atoms with Crippen LogP contribution >= 0.6 is 0 Å². The lowest BCUT2D eigenvalue weighted by atomic mass is 9.85. The number of aromatic nitrogens is 1. The molecule has 2 N–H and O–H groups in total. The van der Waals surface area contributed by atoms with Crippen LogP contribution in [-0.2, 0) is 4.79 Å². The summed E-state index contributed by atoms with van der Waals surface area (Å²) in [5, 5.41) is 17.8. The van der Waals surface area contributed by atoms with E-state index in [1.165, 1.54) is 0 Å². The summed E-state index contributed by atoms with van der Waals surface area (Å²) in [6.45, 7) is 14.5. The average molecular weight is 377 g/mol. The van der Waals surface area contributed by atoms with Crippen LogP contribution < -0.4 is 5.32 Å². The molecule has 27 heavy (non-hydrogen) atoms. The molecule has 0 saturated carbocycles. The molecular weight excluding hydrogens is 344 g/mol. The number of amidine groups is 1. The maximum atomic E-state index is 13.5. The van der Waals surface area contributed by atoms with Crippen LogP contribution in [-0.4, -0.2) is 56.7 Å². The minimum atomic E-state index is -0.556. The lowest BCUT2D eigenvalue weighted by molar-refractivity contribution is -0.134. The molecule has 0 bridgehead atoms. The molecule has 150 valence electrons. The molecule has 3 heterocycles. The third-order valence-corrected chi connectivity index (χ3v) is 6.13. The normalized spacial score (nSPS) is 27.6. The first-order valence-electron chi connectivity index (χ1n) is 9.72. The number of carbonyl (C=O) groups excluding carboxylic acids is 1. The minimum Gasteiger partial charge on any atom is -0.391 e. The molecule has 0 radical (unpaired) electrons. The fourth-order valence-electron chi connectivity index (χ4n) is 3.86. The number of likely N-dealkylation sites (tertiary alicyclic amines) is 1. The predicted molar refractivity (Wildman–Crippen MR) is 104 cm³/mol. The Morgan fingerprint density at radius 1 is 1.37 bits per heavy atom. The van der Waals surface area contributed by atoms with Crippen LogP contribution in [0.3, 0.4) is 0 Å². The number of aliphatic imine (C=N–C) groups is 1. The first-order chi connectivity index (χ1) is 12.4. The van der Waals surface area contributed by atoms with Gasteiger partial charge in [-0.3, -0.25) is 9.79 Å². The molecule has 0 aliphatic carbocycles. The van der Waals surface area contributed by atoms with E-state index in [9.17, 15) is 9.90 Å². The summed E-state index contributed by atoms with van der Waals surface area (Å²) in [5.74, 6) is 0.937. The van der Waals surface area contributed by atoms with Gasteiger partial charge in [-0.25, -0.2) is 0 Å². The summed E-state index contributed by atoms with van der Waals surface area (Å²) >= 11 is 0. The average Bonchev–Trinajstić information content (AvgIpc) is 3.16. The summed E-state index contributed by atoms with van der Waals surface area (Å²) in [5.41, 5.74) is 0.251. The summed E-state index contributed by atoms with van der Waals surface area (Å²) in [4.78, 5) is 20.1. The number of aryl methyl sites for hydroxylation is 1. The third-order valence-electron chi connectivity index (χ3n) is 6.13. The monoisotopic (exact) mass is 376 g/mol. The number of hydrogen-bond acceptors (Lipinski definition) is 6. The van der Waals surface area contributed by atoms with Gasteiger partial charge in [0.15, 0.2) is 0 Å². The van der Waals surface area contributed by atoms with Crippen molar-refractivity contribution in [2.45, 2.75) is 84.0 Å². The molecule has 1 fully saturated rings. The maximum Gasteiger partial charge on any atom is 0.234 e. The molecule has 2 aliphatic rings. The van der Waals surface area contributed by atoms with Gasteiger partial charge in [-0.2, -0.15) is 0 Å². The number of rotatable bonds is 4. The van der Waals surface area contributed by atoms with E-state index >= 15 is 0 Å². The van der Waals surface area contributed by atoms with Crippen LogP contribution in [0, 0.1) is 12.8 Å². The van der Waals surface area contributed by atoms with E-state index in [0.717, 1.165) is 11.5 Å². The first-order valence-corrected chi connectivity index (χ1v) is 9.72. The molecule has 0 spiro atoms. The van der Waals surface area contributed by atoms with Crippen molar-refractivity contribution in [1.29, 1.82) is 0 Å². The molecule has 1 aromatic heterocycles. The van der Waals surface area contributed by atoms with Crippen LogP contribution in [0.15, 0.2) is 15.6 Å². The first kappa shape index (κ1) is 19.9. The molecule has 7 heteroatoms. The van der Waals surface area contributed by atoms with Crippen molar-refractivity contribution >= 4 is 11.7 Å². The second-order valence-electron chi connectivity index (χ2n) is 9.29. The second kappa shape index (κ2) is 6.62. The van der Waals surface area contributed by atoms with Gasteiger partial charge < -0.3 is 19.8 Å². The topological polar surface area (TPSA) is 91.0 Å². The highest BCUT2D eigenvalue weighted by Gasteiger charge is 2.49.